The SMILES string of the molecule is CCOC(=O)c1nn(C)cc1C[C@H](C)O. The van der Waals surface area contributed by atoms with E-state index in [0.717, 1.165) is 0 Å². The third-order valence-electron chi connectivity index (χ3n) is 1.89. The van der Waals surface area contributed by atoms with Gasteiger partial charge in [-0.25, -0.2) is 4.79 Å². The van der Waals surface area contributed by atoms with E-state index in [0.29, 0.717) is 24.3 Å². The molecule has 15 heavy (non-hydrogen) atoms. The summed E-state index contributed by atoms with van der Waals surface area (Å²) in [5, 5.41) is 13.3. The zero-order valence-corrected chi connectivity index (χ0v) is 9.23. The van der Waals surface area contributed by atoms with Gasteiger partial charge in [-0.3, -0.25) is 4.68 Å². The molecule has 0 fully saturated rings. The minimum absolute atomic E-state index is 0.292. The molecule has 1 atom stereocenters. The zero-order valence-electron chi connectivity index (χ0n) is 9.23. The molecule has 0 amide bonds. The Balaban J connectivity index is 2.90. The van der Waals surface area contributed by atoms with E-state index >= 15 is 0 Å². The van der Waals surface area contributed by atoms with Gasteiger partial charge in [0, 0.05) is 25.2 Å². The smallest absolute Gasteiger partial charge is 0.359 e. The van der Waals surface area contributed by atoms with Gasteiger partial charge in [0.05, 0.1) is 12.7 Å². The predicted octanol–water partition coefficient (Wildman–Crippen LogP) is 0.520. The summed E-state index contributed by atoms with van der Waals surface area (Å²) in [6.45, 7) is 3.74. The second kappa shape index (κ2) is 4.93. The molecule has 0 aliphatic heterocycles. The summed E-state index contributed by atoms with van der Waals surface area (Å²) in [5.41, 5.74) is 1.01. The maximum Gasteiger partial charge on any atom is 0.359 e. The molecule has 0 aliphatic rings. The molecule has 5 nitrogen and oxygen atoms in total. The number of hydrogen-bond donors (Lipinski definition) is 1. The van der Waals surface area contributed by atoms with Crippen LogP contribution in [0.1, 0.15) is 29.9 Å². The third-order valence-corrected chi connectivity index (χ3v) is 1.89. The normalized spacial score (nSPS) is 12.5. The van der Waals surface area contributed by atoms with E-state index in [1.54, 1.807) is 31.8 Å². The van der Waals surface area contributed by atoms with Crippen LogP contribution < -0.4 is 0 Å². The number of rotatable bonds is 4. The van der Waals surface area contributed by atoms with Crippen molar-refractivity contribution in [2.45, 2.75) is 26.4 Å². The van der Waals surface area contributed by atoms with E-state index < -0.39 is 12.1 Å². The van der Waals surface area contributed by atoms with Gasteiger partial charge in [0.15, 0.2) is 5.69 Å². The molecule has 0 saturated heterocycles. The number of ether oxygens (including phenoxy) is 1. The molecule has 1 rings (SSSR count). The summed E-state index contributed by atoms with van der Waals surface area (Å²) in [6.07, 6.45) is 1.63. The molecule has 0 unspecified atom stereocenters. The topological polar surface area (TPSA) is 64.3 Å². The Kier molecular flexibility index (Phi) is 3.85. The van der Waals surface area contributed by atoms with Crippen LogP contribution in [-0.2, 0) is 18.2 Å². The van der Waals surface area contributed by atoms with E-state index in [2.05, 4.69) is 5.10 Å². The van der Waals surface area contributed by atoms with Gasteiger partial charge in [0.2, 0.25) is 0 Å². The fraction of sp³-hybridized carbons (Fsp3) is 0.600. The Morgan fingerprint density at radius 3 is 2.93 bits per heavy atom. The Morgan fingerprint density at radius 2 is 2.40 bits per heavy atom. The first-order chi connectivity index (χ1) is 7.04. The van der Waals surface area contributed by atoms with Crippen molar-refractivity contribution in [1.29, 1.82) is 0 Å². The molecule has 0 bridgehead atoms. The zero-order chi connectivity index (χ0) is 11.4. The molecule has 1 aromatic heterocycles. The molecule has 1 aromatic rings. The third kappa shape index (κ3) is 3.06. The predicted molar refractivity (Wildman–Crippen MR) is 54.5 cm³/mol. The number of nitrogens with zero attached hydrogens (tertiary/aromatic N) is 2. The van der Waals surface area contributed by atoms with Crippen LogP contribution in [0.25, 0.3) is 0 Å². The van der Waals surface area contributed by atoms with Crippen LogP contribution in [0, 0.1) is 0 Å². The van der Waals surface area contributed by atoms with E-state index in [4.69, 9.17) is 4.74 Å². The summed E-state index contributed by atoms with van der Waals surface area (Å²) in [7, 11) is 1.73. The van der Waals surface area contributed by atoms with Gasteiger partial charge >= 0.3 is 5.97 Å². The highest BCUT2D eigenvalue weighted by Crippen LogP contribution is 2.10. The number of aliphatic hydroxyl groups is 1. The first-order valence-electron chi connectivity index (χ1n) is 4.92. The summed E-state index contributed by atoms with van der Waals surface area (Å²) < 4.78 is 6.41. The van der Waals surface area contributed by atoms with Crippen LogP contribution in [0.3, 0.4) is 0 Å². The van der Waals surface area contributed by atoms with E-state index in [1.165, 1.54) is 0 Å². The van der Waals surface area contributed by atoms with Gasteiger partial charge in [0.25, 0.3) is 0 Å². The number of hydrogen-bond acceptors (Lipinski definition) is 4. The van der Waals surface area contributed by atoms with Crippen molar-refractivity contribution in [3.8, 4) is 0 Å². The van der Waals surface area contributed by atoms with E-state index in [9.17, 15) is 9.90 Å². The van der Waals surface area contributed by atoms with Crippen LogP contribution >= 0.6 is 0 Å². The largest absolute Gasteiger partial charge is 0.461 e. The van der Waals surface area contributed by atoms with Crippen molar-refractivity contribution in [2.75, 3.05) is 6.61 Å². The van der Waals surface area contributed by atoms with Crippen molar-refractivity contribution in [3.63, 3.8) is 0 Å². The van der Waals surface area contributed by atoms with Gasteiger partial charge in [-0.05, 0) is 13.8 Å². The molecule has 5 heteroatoms. The van der Waals surface area contributed by atoms with Crippen LogP contribution in [0.5, 0.6) is 0 Å². The molecule has 0 spiro atoms. The average molecular weight is 212 g/mol. The highest BCUT2D eigenvalue weighted by atomic mass is 16.5. The Bertz CT molecular complexity index is 344. The first-order valence-corrected chi connectivity index (χ1v) is 4.92. The summed E-state index contributed by atoms with van der Waals surface area (Å²) in [4.78, 5) is 11.5. The lowest BCUT2D eigenvalue weighted by atomic mass is 10.1. The van der Waals surface area contributed by atoms with Crippen molar-refractivity contribution in [1.82, 2.24) is 9.78 Å². The Labute approximate surface area is 88.7 Å². The van der Waals surface area contributed by atoms with Crippen molar-refractivity contribution >= 4 is 5.97 Å². The highest BCUT2D eigenvalue weighted by Gasteiger charge is 2.17. The summed E-state index contributed by atoms with van der Waals surface area (Å²) >= 11 is 0. The van der Waals surface area contributed by atoms with Crippen molar-refractivity contribution < 1.29 is 14.6 Å². The molecule has 0 radical (unpaired) electrons. The second-order valence-corrected chi connectivity index (χ2v) is 3.45. The number of carbonyl (C=O) groups is 1. The van der Waals surface area contributed by atoms with Gasteiger partial charge in [-0.1, -0.05) is 0 Å². The lowest BCUT2D eigenvalue weighted by Gasteiger charge is -2.03. The number of carbonyl (C=O) groups excluding carboxylic acids is 1. The lowest BCUT2D eigenvalue weighted by Crippen LogP contribution is -2.11. The maximum atomic E-state index is 11.5. The van der Waals surface area contributed by atoms with Crippen molar-refractivity contribution in [3.05, 3.63) is 17.5 Å². The fourth-order valence-corrected chi connectivity index (χ4v) is 1.38. The lowest BCUT2D eigenvalue weighted by molar-refractivity contribution is 0.0516. The molecule has 84 valence electrons. The van der Waals surface area contributed by atoms with Gasteiger partial charge < -0.3 is 9.84 Å². The van der Waals surface area contributed by atoms with Crippen molar-refractivity contribution in [2.24, 2.45) is 7.05 Å². The molecule has 0 aromatic carbocycles. The maximum absolute atomic E-state index is 11.5. The Morgan fingerprint density at radius 1 is 1.73 bits per heavy atom. The summed E-state index contributed by atoms with van der Waals surface area (Å²) in [6, 6.07) is 0. The number of esters is 1. The van der Waals surface area contributed by atoms with Crippen LogP contribution in [-0.4, -0.2) is 33.6 Å². The number of aromatic nitrogens is 2. The monoisotopic (exact) mass is 212 g/mol. The van der Waals surface area contributed by atoms with Gasteiger partial charge in [0.1, 0.15) is 0 Å². The van der Waals surface area contributed by atoms with Gasteiger partial charge in [-0.15, -0.1) is 0 Å². The fourth-order valence-electron chi connectivity index (χ4n) is 1.38. The van der Waals surface area contributed by atoms with Gasteiger partial charge in [-0.2, -0.15) is 5.10 Å². The number of aryl methyl sites for hydroxylation is 1. The highest BCUT2D eigenvalue weighted by molar-refractivity contribution is 5.88. The quantitative estimate of drug-likeness (QED) is 0.739. The van der Waals surface area contributed by atoms with E-state index in [-0.39, 0.29) is 0 Å². The molecular weight excluding hydrogens is 196 g/mol. The summed E-state index contributed by atoms with van der Waals surface area (Å²) in [5.74, 6) is -0.436. The Hall–Kier alpha value is -1.36. The van der Waals surface area contributed by atoms with Crippen LogP contribution in [0.4, 0.5) is 0 Å². The molecule has 1 heterocycles. The minimum atomic E-state index is -0.498. The van der Waals surface area contributed by atoms with E-state index in [1.807, 2.05) is 0 Å². The molecule has 0 saturated carbocycles. The molecule has 1 N–H and O–H groups in total. The molecular formula is C10H16N2O3. The van der Waals surface area contributed by atoms with Crippen LogP contribution in [0.2, 0.25) is 0 Å². The first kappa shape index (κ1) is 11.7. The van der Waals surface area contributed by atoms with Crippen LogP contribution in [0.15, 0.2) is 6.20 Å². The standard InChI is InChI=1S/C10H16N2O3/c1-4-15-10(14)9-8(5-7(2)13)6-12(3)11-9/h6-7,13H,4-5H2,1-3H3/t7-/m0/s1. The molecule has 0 aliphatic carbocycles. The minimum Gasteiger partial charge on any atom is -0.461 e. The number of aliphatic hydroxyl groups excluding tert-OH is 1. The average Bonchev–Trinajstić information content (AvgIpc) is 2.46. The second-order valence-electron chi connectivity index (χ2n) is 3.45.